The Morgan fingerprint density at radius 2 is 1.48 bits per heavy atom. The number of aromatic hydroxyl groups is 1. The summed E-state index contributed by atoms with van der Waals surface area (Å²) in [7, 11) is 0. The van der Waals surface area contributed by atoms with Crippen LogP contribution in [0.15, 0.2) is 12.1 Å². The Balaban J connectivity index is 0.00000576. The molecule has 25 heavy (non-hydrogen) atoms. The second kappa shape index (κ2) is 8.75. The van der Waals surface area contributed by atoms with Gasteiger partial charge in [-0.05, 0) is 46.8 Å². The predicted molar refractivity (Wildman–Crippen MR) is 110 cm³/mol. The number of aliphatic hydroxyl groups is 1. The van der Waals surface area contributed by atoms with Gasteiger partial charge in [0.05, 0.1) is 12.1 Å². The predicted octanol–water partition coefficient (Wildman–Crippen LogP) is 5.21. The topological polar surface area (TPSA) is 66.5 Å². The van der Waals surface area contributed by atoms with E-state index >= 15 is 0 Å². The first-order valence-corrected chi connectivity index (χ1v) is 9.06. The molecule has 146 valence electrons. The van der Waals surface area contributed by atoms with Crippen molar-refractivity contribution in [2.24, 2.45) is 11.7 Å². The minimum absolute atomic E-state index is 0. The van der Waals surface area contributed by atoms with Gasteiger partial charge in [0.2, 0.25) is 0 Å². The van der Waals surface area contributed by atoms with Crippen molar-refractivity contribution in [1.29, 1.82) is 0 Å². The van der Waals surface area contributed by atoms with Crippen LogP contribution in [0.1, 0.15) is 91.0 Å². The molecule has 0 aromatic heterocycles. The normalized spacial score (nSPS) is 15.0. The van der Waals surface area contributed by atoms with Crippen molar-refractivity contribution in [3.8, 4) is 5.75 Å². The fourth-order valence-electron chi connectivity index (χ4n) is 2.81. The standard InChI is InChI=1S/C21H37NO2.ClH/c1-13(2)9-10-17(23)18(22)15-11-14(20(3,4)5)12-16(19(15)24)21(6,7)8;/h11-13,17-18,23-24H,9-10,22H2,1-8H3;1H/t17-,18+;/m0./s1. The van der Waals surface area contributed by atoms with Gasteiger partial charge in [-0.25, -0.2) is 0 Å². The lowest BCUT2D eigenvalue weighted by Gasteiger charge is -2.30. The molecule has 2 atom stereocenters. The number of hydrogen-bond donors (Lipinski definition) is 3. The zero-order valence-corrected chi connectivity index (χ0v) is 18.0. The van der Waals surface area contributed by atoms with E-state index < -0.39 is 12.1 Å². The molecule has 0 bridgehead atoms. The Hall–Kier alpha value is -0.770. The van der Waals surface area contributed by atoms with E-state index in [-0.39, 0.29) is 29.0 Å². The van der Waals surface area contributed by atoms with E-state index in [2.05, 4.69) is 61.5 Å². The zero-order chi connectivity index (χ0) is 18.9. The van der Waals surface area contributed by atoms with E-state index in [0.29, 0.717) is 17.9 Å². The van der Waals surface area contributed by atoms with Crippen LogP contribution in [0, 0.1) is 5.92 Å². The van der Waals surface area contributed by atoms with Gasteiger partial charge in [-0.3, -0.25) is 0 Å². The number of aliphatic hydroxyl groups excluding tert-OH is 1. The fraction of sp³-hybridized carbons (Fsp3) is 0.714. The Bertz CT molecular complexity index is 556. The monoisotopic (exact) mass is 371 g/mol. The van der Waals surface area contributed by atoms with E-state index in [0.717, 1.165) is 17.5 Å². The van der Waals surface area contributed by atoms with Crippen LogP contribution in [-0.2, 0) is 10.8 Å². The smallest absolute Gasteiger partial charge is 0.124 e. The molecule has 4 heteroatoms. The van der Waals surface area contributed by atoms with E-state index in [1.807, 2.05) is 6.07 Å². The van der Waals surface area contributed by atoms with Crippen LogP contribution in [0.5, 0.6) is 5.75 Å². The van der Waals surface area contributed by atoms with E-state index in [9.17, 15) is 10.2 Å². The van der Waals surface area contributed by atoms with Crippen molar-refractivity contribution >= 4 is 12.4 Å². The first kappa shape index (κ1) is 24.2. The van der Waals surface area contributed by atoms with Crippen molar-refractivity contribution in [1.82, 2.24) is 0 Å². The van der Waals surface area contributed by atoms with Crippen LogP contribution in [-0.4, -0.2) is 16.3 Å². The van der Waals surface area contributed by atoms with Gasteiger partial charge in [0.1, 0.15) is 5.75 Å². The minimum atomic E-state index is -0.652. The second-order valence-corrected chi connectivity index (χ2v) is 9.53. The summed E-state index contributed by atoms with van der Waals surface area (Å²) in [5.41, 5.74) is 8.77. The van der Waals surface area contributed by atoms with Gasteiger partial charge in [-0.1, -0.05) is 61.5 Å². The van der Waals surface area contributed by atoms with E-state index in [1.165, 1.54) is 0 Å². The van der Waals surface area contributed by atoms with Gasteiger partial charge >= 0.3 is 0 Å². The number of rotatable bonds is 5. The zero-order valence-electron chi connectivity index (χ0n) is 17.2. The highest BCUT2D eigenvalue weighted by atomic mass is 35.5. The Morgan fingerprint density at radius 1 is 0.960 bits per heavy atom. The highest BCUT2D eigenvalue weighted by molar-refractivity contribution is 5.85. The van der Waals surface area contributed by atoms with Crippen LogP contribution in [0.25, 0.3) is 0 Å². The van der Waals surface area contributed by atoms with Gasteiger partial charge in [-0.2, -0.15) is 0 Å². The molecule has 0 spiro atoms. The average molecular weight is 372 g/mol. The molecule has 0 fully saturated rings. The summed E-state index contributed by atoms with van der Waals surface area (Å²) in [6.07, 6.45) is 0.908. The highest BCUT2D eigenvalue weighted by Gasteiger charge is 2.28. The van der Waals surface area contributed by atoms with Crippen LogP contribution in [0.4, 0.5) is 0 Å². The van der Waals surface area contributed by atoms with Gasteiger partial charge in [0, 0.05) is 5.56 Å². The number of phenolic OH excluding ortho intramolecular Hbond substituents is 1. The summed E-state index contributed by atoms with van der Waals surface area (Å²) in [6, 6.07) is 3.46. The third-order valence-electron chi connectivity index (χ3n) is 4.63. The van der Waals surface area contributed by atoms with Crippen molar-refractivity contribution in [3.63, 3.8) is 0 Å². The second-order valence-electron chi connectivity index (χ2n) is 9.53. The third kappa shape index (κ3) is 6.47. The number of benzene rings is 1. The van der Waals surface area contributed by atoms with Gasteiger partial charge < -0.3 is 15.9 Å². The fourth-order valence-corrected chi connectivity index (χ4v) is 2.81. The molecule has 0 aliphatic carbocycles. The summed E-state index contributed by atoms with van der Waals surface area (Å²) >= 11 is 0. The molecular formula is C21H38ClNO2. The van der Waals surface area contributed by atoms with Gasteiger partial charge in [0.25, 0.3) is 0 Å². The first-order chi connectivity index (χ1) is 10.7. The molecule has 1 rings (SSSR count). The average Bonchev–Trinajstić information content (AvgIpc) is 2.41. The summed E-state index contributed by atoms with van der Waals surface area (Å²) in [4.78, 5) is 0. The molecule has 3 nitrogen and oxygen atoms in total. The molecular weight excluding hydrogens is 334 g/mol. The van der Waals surface area contributed by atoms with Crippen LogP contribution < -0.4 is 5.73 Å². The molecule has 0 amide bonds. The molecule has 0 radical (unpaired) electrons. The maximum absolute atomic E-state index is 10.8. The van der Waals surface area contributed by atoms with Crippen LogP contribution in [0.3, 0.4) is 0 Å². The van der Waals surface area contributed by atoms with Crippen molar-refractivity contribution in [3.05, 3.63) is 28.8 Å². The highest BCUT2D eigenvalue weighted by Crippen LogP contribution is 2.40. The molecule has 0 saturated heterocycles. The first-order valence-electron chi connectivity index (χ1n) is 9.06. The maximum Gasteiger partial charge on any atom is 0.124 e. The van der Waals surface area contributed by atoms with Crippen molar-refractivity contribution < 1.29 is 10.2 Å². The van der Waals surface area contributed by atoms with Crippen LogP contribution in [0.2, 0.25) is 0 Å². The number of halogens is 1. The number of phenols is 1. The maximum atomic E-state index is 10.8. The lowest BCUT2D eigenvalue weighted by Crippen LogP contribution is -2.28. The molecule has 0 unspecified atom stereocenters. The third-order valence-corrected chi connectivity index (χ3v) is 4.63. The Labute approximate surface area is 160 Å². The van der Waals surface area contributed by atoms with Gasteiger partial charge in [-0.15, -0.1) is 12.4 Å². The Kier molecular flexibility index (Phi) is 8.48. The molecule has 0 heterocycles. The Morgan fingerprint density at radius 3 is 1.88 bits per heavy atom. The minimum Gasteiger partial charge on any atom is -0.507 e. The summed E-state index contributed by atoms with van der Waals surface area (Å²) in [5.74, 6) is 0.748. The van der Waals surface area contributed by atoms with Crippen LogP contribution >= 0.6 is 12.4 Å². The lowest BCUT2D eigenvalue weighted by molar-refractivity contribution is 0.127. The molecule has 0 saturated carbocycles. The van der Waals surface area contributed by atoms with E-state index in [1.54, 1.807) is 0 Å². The summed E-state index contributed by atoms with van der Waals surface area (Å²) in [5, 5.41) is 21.3. The van der Waals surface area contributed by atoms with Crippen molar-refractivity contribution in [2.45, 2.75) is 91.2 Å². The lowest BCUT2D eigenvalue weighted by atomic mass is 9.77. The molecule has 1 aromatic carbocycles. The number of nitrogens with two attached hydrogens (primary N) is 1. The molecule has 4 N–H and O–H groups in total. The van der Waals surface area contributed by atoms with Crippen molar-refractivity contribution in [2.75, 3.05) is 0 Å². The summed E-state index contributed by atoms with van der Waals surface area (Å²) in [6.45, 7) is 17.0. The number of hydrogen-bond acceptors (Lipinski definition) is 3. The molecule has 1 aromatic rings. The largest absolute Gasteiger partial charge is 0.507 e. The summed E-state index contributed by atoms with van der Waals surface area (Å²) < 4.78 is 0. The quantitative estimate of drug-likeness (QED) is 0.665. The molecule has 0 aliphatic heterocycles. The SMILES string of the molecule is CC(C)CC[C@H](O)[C@H](N)c1cc(C(C)(C)C)cc(C(C)(C)C)c1O.Cl. The van der Waals surface area contributed by atoms with Gasteiger partial charge in [0.15, 0.2) is 0 Å². The van der Waals surface area contributed by atoms with E-state index in [4.69, 9.17) is 5.73 Å². The molecule has 0 aliphatic rings.